The summed E-state index contributed by atoms with van der Waals surface area (Å²) >= 11 is 1.36. The molecule has 2 N–H and O–H groups in total. The predicted molar refractivity (Wildman–Crippen MR) is 88.3 cm³/mol. The van der Waals surface area contributed by atoms with Crippen molar-refractivity contribution in [2.45, 2.75) is 6.92 Å². The molecule has 116 valence electrons. The lowest BCUT2D eigenvalue weighted by Gasteiger charge is -2.09. The minimum atomic E-state index is -0.476. The third-order valence-electron chi connectivity index (χ3n) is 3.05. The number of hydrogen-bond acceptors (Lipinski definition) is 5. The van der Waals surface area contributed by atoms with Crippen LogP contribution >= 0.6 is 11.3 Å². The first-order chi connectivity index (χ1) is 11.0. The highest BCUT2D eigenvalue weighted by Gasteiger charge is 2.10. The van der Waals surface area contributed by atoms with E-state index in [2.05, 4.69) is 15.7 Å². The van der Waals surface area contributed by atoms with E-state index in [1.807, 2.05) is 0 Å². The molecule has 0 aliphatic carbocycles. The third-order valence-corrected chi connectivity index (χ3v) is 3.87. The molecule has 2 amide bonds. The Morgan fingerprint density at radius 3 is 2.87 bits per heavy atom. The van der Waals surface area contributed by atoms with Crippen molar-refractivity contribution in [3.05, 3.63) is 58.0 Å². The first-order valence-corrected chi connectivity index (χ1v) is 7.56. The van der Waals surface area contributed by atoms with E-state index in [4.69, 9.17) is 0 Å². The van der Waals surface area contributed by atoms with Crippen LogP contribution in [-0.4, -0.2) is 21.5 Å². The normalized spacial score (nSPS) is 10.5. The molecule has 0 bridgehead atoms. The number of fused-ring (bicyclic) bond motifs is 1. The van der Waals surface area contributed by atoms with Gasteiger partial charge < -0.3 is 5.32 Å². The highest BCUT2D eigenvalue weighted by molar-refractivity contribution is 7.16. The Morgan fingerprint density at radius 2 is 2.09 bits per heavy atom. The molecule has 0 saturated heterocycles. The number of nitrogens with one attached hydrogen (secondary N) is 2. The van der Waals surface area contributed by atoms with Gasteiger partial charge in [-0.1, -0.05) is 6.07 Å². The highest BCUT2D eigenvalue weighted by Crippen LogP contribution is 2.13. The van der Waals surface area contributed by atoms with E-state index in [0.717, 1.165) is 4.68 Å². The Bertz CT molecular complexity index is 961. The van der Waals surface area contributed by atoms with Gasteiger partial charge >= 0.3 is 0 Å². The minimum Gasteiger partial charge on any atom is -0.326 e. The zero-order valence-electron chi connectivity index (χ0n) is 12.1. The van der Waals surface area contributed by atoms with Crippen LogP contribution in [0.1, 0.15) is 17.3 Å². The number of hydrogen-bond donors (Lipinski definition) is 2. The molecule has 0 aliphatic heterocycles. The molecular formula is C15H12N4O3S. The largest absolute Gasteiger partial charge is 0.326 e. The van der Waals surface area contributed by atoms with Crippen molar-refractivity contribution in [2.24, 2.45) is 0 Å². The van der Waals surface area contributed by atoms with Crippen molar-refractivity contribution in [3.63, 3.8) is 0 Å². The molecule has 23 heavy (non-hydrogen) atoms. The van der Waals surface area contributed by atoms with E-state index in [1.165, 1.54) is 30.7 Å². The van der Waals surface area contributed by atoms with Crippen molar-refractivity contribution in [1.82, 2.24) is 9.66 Å². The van der Waals surface area contributed by atoms with E-state index >= 15 is 0 Å². The average Bonchev–Trinajstić information content (AvgIpc) is 2.99. The number of rotatable bonds is 3. The lowest BCUT2D eigenvalue weighted by molar-refractivity contribution is -0.114. The summed E-state index contributed by atoms with van der Waals surface area (Å²) in [7, 11) is 0. The summed E-state index contributed by atoms with van der Waals surface area (Å²) in [4.78, 5) is 40.3. The molecule has 0 saturated carbocycles. The molecule has 0 radical (unpaired) electrons. The molecule has 3 rings (SSSR count). The van der Waals surface area contributed by atoms with Gasteiger partial charge in [0.2, 0.25) is 5.91 Å². The topological polar surface area (TPSA) is 93.1 Å². The fourth-order valence-corrected chi connectivity index (χ4v) is 2.77. The van der Waals surface area contributed by atoms with Crippen molar-refractivity contribution in [3.8, 4) is 0 Å². The summed E-state index contributed by atoms with van der Waals surface area (Å²) in [6.07, 6.45) is 1.27. The quantitative estimate of drug-likeness (QED) is 0.767. The Morgan fingerprint density at radius 1 is 1.26 bits per heavy atom. The number of thiophene rings is 1. The Hall–Kier alpha value is -3.00. The van der Waals surface area contributed by atoms with Crippen LogP contribution in [0.15, 0.2) is 46.8 Å². The SMILES string of the molecule is CC(=O)Nc1cccc(C(=O)Nn2cnc3sccc3c2=O)c1. The number of carbonyl (C=O) groups excluding carboxylic acids is 2. The van der Waals surface area contributed by atoms with Gasteiger partial charge in [0.25, 0.3) is 11.5 Å². The maximum Gasteiger partial charge on any atom is 0.280 e. The first kappa shape index (κ1) is 14.9. The molecule has 7 nitrogen and oxygen atoms in total. The van der Waals surface area contributed by atoms with Gasteiger partial charge in [0.05, 0.1) is 5.39 Å². The Labute approximate surface area is 134 Å². The van der Waals surface area contributed by atoms with Crippen LogP contribution in [0.3, 0.4) is 0 Å². The van der Waals surface area contributed by atoms with Crippen LogP contribution in [0.25, 0.3) is 10.2 Å². The molecule has 2 heterocycles. The Balaban J connectivity index is 1.87. The number of amides is 2. The summed E-state index contributed by atoms with van der Waals surface area (Å²) in [5.74, 6) is -0.707. The van der Waals surface area contributed by atoms with Crippen LogP contribution in [-0.2, 0) is 4.79 Å². The third kappa shape index (κ3) is 3.11. The molecular weight excluding hydrogens is 316 g/mol. The zero-order valence-corrected chi connectivity index (χ0v) is 12.9. The fourth-order valence-electron chi connectivity index (χ4n) is 2.05. The zero-order chi connectivity index (χ0) is 16.4. The van der Waals surface area contributed by atoms with Crippen LogP contribution in [0, 0.1) is 0 Å². The molecule has 0 fully saturated rings. The minimum absolute atomic E-state index is 0.231. The van der Waals surface area contributed by atoms with Crippen LogP contribution in [0.4, 0.5) is 5.69 Å². The summed E-state index contributed by atoms with van der Waals surface area (Å²) in [6.45, 7) is 1.38. The second kappa shape index (κ2) is 6.01. The molecule has 0 atom stereocenters. The smallest absolute Gasteiger partial charge is 0.280 e. The van der Waals surface area contributed by atoms with Gasteiger partial charge in [0.1, 0.15) is 11.2 Å². The average molecular weight is 328 g/mol. The maximum absolute atomic E-state index is 12.3. The summed E-state index contributed by atoms with van der Waals surface area (Å²) in [5.41, 5.74) is 2.96. The monoisotopic (exact) mass is 328 g/mol. The van der Waals surface area contributed by atoms with Gasteiger partial charge in [0, 0.05) is 18.2 Å². The molecule has 0 aliphatic rings. The maximum atomic E-state index is 12.3. The Kier molecular flexibility index (Phi) is 3.90. The van der Waals surface area contributed by atoms with Crippen molar-refractivity contribution < 1.29 is 9.59 Å². The van der Waals surface area contributed by atoms with E-state index in [-0.39, 0.29) is 11.5 Å². The fraction of sp³-hybridized carbons (Fsp3) is 0.0667. The second-order valence-corrected chi connectivity index (χ2v) is 5.66. The first-order valence-electron chi connectivity index (χ1n) is 6.68. The summed E-state index contributed by atoms with van der Waals surface area (Å²) in [6, 6.07) is 8.09. The van der Waals surface area contributed by atoms with Gasteiger partial charge in [0.15, 0.2) is 0 Å². The van der Waals surface area contributed by atoms with E-state index < -0.39 is 5.91 Å². The van der Waals surface area contributed by atoms with Crippen LogP contribution < -0.4 is 16.3 Å². The summed E-state index contributed by atoms with van der Waals surface area (Å²) in [5, 5.41) is 4.81. The van der Waals surface area contributed by atoms with E-state index in [1.54, 1.807) is 29.6 Å². The molecule has 0 spiro atoms. The predicted octanol–water partition coefficient (Wildman–Crippen LogP) is 1.80. The summed E-state index contributed by atoms with van der Waals surface area (Å²) < 4.78 is 1.04. The van der Waals surface area contributed by atoms with Crippen LogP contribution in [0.5, 0.6) is 0 Å². The number of nitrogens with zero attached hydrogens (tertiary/aromatic N) is 2. The second-order valence-electron chi connectivity index (χ2n) is 4.76. The molecule has 1 aromatic carbocycles. The highest BCUT2D eigenvalue weighted by atomic mass is 32.1. The molecule has 0 unspecified atom stereocenters. The van der Waals surface area contributed by atoms with E-state index in [9.17, 15) is 14.4 Å². The number of anilines is 1. The van der Waals surface area contributed by atoms with Gasteiger partial charge in [-0.15, -0.1) is 11.3 Å². The van der Waals surface area contributed by atoms with E-state index in [0.29, 0.717) is 21.5 Å². The number of carbonyl (C=O) groups is 2. The molecule has 3 aromatic rings. The lowest BCUT2D eigenvalue weighted by Crippen LogP contribution is -2.33. The lowest BCUT2D eigenvalue weighted by atomic mass is 10.2. The van der Waals surface area contributed by atoms with Gasteiger partial charge in [-0.2, -0.15) is 0 Å². The van der Waals surface area contributed by atoms with Gasteiger partial charge in [-0.25, -0.2) is 9.66 Å². The standard InChI is InChI=1S/C15H12N4O3S/c1-9(20)17-11-4-2-3-10(7-11)13(21)18-19-8-16-14-12(15(19)22)5-6-23-14/h2-8H,1H3,(H,17,20)(H,18,21). The molecule has 2 aromatic heterocycles. The van der Waals surface area contributed by atoms with Crippen molar-refractivity contribution in [2.75, 3.05) is 10.7 Å². The van der Waals surface area contributed by atoms with Gasteiger partial charge in [-0.05, 0) is 29.6 Å². The van der Waals surface area contributed by atoms with Crippen molar-refractivity contribution in [1.29, 1.82) is 0 Å². The number of benzene rings is 1. The van der Waals surface area contributed by atoms with Crippen LogP contribution in [0.2, 0.25) is 0 Å². The van der Waals surface area contributed by atoms with Gasteiger partial charge in [-0.3, -0.25) is 19.8 Å². The number of aromatic nitrogens is 2. The molecule has 8 heteroatoms. The van der Waals surface area contributed by atoms with Crippen molar-refractivity contribution >= 4 is 39.1 Å².